The normalized spacial score (nSPS) is 10.5. The van der Waals surface area contributed by atoms with Crippen molar-refractivity contribution in [3.05, 3.63) is 57.6 Å². The number of hydrogen-bond donors (Lipinski definition) is 0. The molecule has 0 saturated carbocycles. The van der Waals surface area contributed by atoms with E-state index in [-0.39, 0.29) is 11.2 Å². The molecule has 0 aliphatic rings. The summed E-state index contributed by atoms with van der Waals surface area (Å²) in [5.74, 6) is 0.858. The highest BCUT2D eigenvalue weighted by atomic mass is 35.5. The van der Waals surface area contributed by atoms with Crippen LogP contribution in [0.3, 0.4) is 0 Å². The number of ether oxygens (including phenoxy) is 1. The van der Waals surface area contributed by atoms with Crippen LogP contribution in [-0.4, -0.2) is 13.7 Å². The Kier molecular flexibility index (Phi) is 5.90. The predicted molar refractivity (Wildman–Crippen MR) is 88.9 cm³/mol. The quantitative estimate of drug-likeness (QED) is 0.720. The molecule has 0 N–H and O–H groups in total. The van der Waals surface area contributed by atoms with Gasteiger partial charge in [0.25, 0.3) is 0 Å². The molecule has 0 atom stereocenters. The lowest BCUT2D eigenvalue weighted by atomic mass is 10.3. The summed E-state index contributed by atoms with van der Waals surface area (Å²) in [5, 5.41) is 0.692. The third-order valence-corrected chi connectivity index (χ3v) is 3.52. The molecule has 5 heteroatoms. The van der Waals surface area contributed by atoms with Crippen LogP contribution in [0.25, 0.3) is 0 Å². The molecular formula is C17H20ClNO3. The Hall–Kier alpha value is -1.94. The smallest absolute Gasteiger partial charge is 0.227 e. The van der Waals surface area contributed by atoms with Crippen molar-refractivity contribution in [3.8, 4) is 5.75 Å². The minimum Gasteiger partial charge on any atom is -0.487 e. The van der Waals surface area contributed by atoms with E-state index >= 15 is 0 Å². The monoisotopic (exact) mass is 321 g/mol. The van der Waals surface area contributed by atoms with E-state index in [2.05, 4.69) is 6.92 Å². The van der Waals surface area contributed by atoms with Crippen molar-refractivity contribution < 1.29 is 9.15 Å². The molecule has 1 heterocycles. The van der Waals surface area contributed by atoms with Crippen LogP contribution < -0.4 is 15.1 Å². The van der Waals surface area contributed by atoms with Crippen LogP contribution in [0.2, 0.25) is 5.02 Å². The standard InChI is InChI=1S/C17H20ClNO3/c1-3-4-9-21-17-12-22-15(10-16(17)20)11-19(2)14-7-5-13(18)6-8-14/h5-8,10,12H,3-4,9,11H2,1-2H3. The van der Waals surface area contributed by atoms with Crippen LogP contribution in [0, 0.1) is 0 Å². The highest BCUT2D eigenvalue weighted by Gasteiger charge is 2.08. The Morgan fingerprint density at radius 1 is 1.27 bits per heavy atom. The van der Waals surface area contributed by atoms with Gasteiger partial charge in [-0.2, -0.15) is 0 Å². The van der Waals surface area contributed by atoms with Gasteiger partial charge in [0.1, 0.15) is 12.0 Å². The van der Waals surface area contributed by atoms with Gasteiger partial charge in [-0.3, -0.25) is 4.79 Å². The molecule has 22 heavy (non-hydrogen) atoms. The van der Waals surface area contributed by atoms with Crippen LogP contribution in [0.1, 0.15) is 25.5 Å². The van der Waals surface area contributed by atoms with E-state index in [9.17, 15) is 4.79 Å². The van der Waals surface area contributed by atoms with Gasteiger partial charge in [-0.25, -0.2) is 0 Å². The molecule has 1 aromatic heterocycles. The second kappa shape index (κ2) is 7.90. The van der Waals surface area contributed by atoms with E-state index in [0.717, 1.165) is 18.5 Å². The lowest BCUT2D eigenvalue weighted by Crippen LogP contribution is -2.18. The molecule has 2 rings (SSSR count). The molecule has 0 aliphatic carbocycles. The zero-order valence-electron chi connectivity index (χ0n) is 12.8. The van der Waals surface area contributed by atoms with Gasteiger partial charge in [0, 0.05) is 23.8 Å². The molecule has 1 aromatic carbocycles. The van der Waals surface area contributed by atoms with E-state index in [1.807, 2.05) is 36.2 Å². The maximum atomic E-state index is 12.0. The van der Waals surface area contributed by atoms with Gasteiger partial charge >= 0.3 is 0 Å². The Morgan fingerprint density at radius 3 is 2.64 bits per heavy atom. The van der Waals surface area contributed by atoms with Crippen molar-refractivity contribution in [2.24, 2.45) is 0 Å². The van der Waals surface area contributed by atoms with E-state index in [4.69, 9.17) is 20.8 Å². The van der Waals surface area contributed by atoms with Crippen LogP contribution in [0.4, 0.5) is 5.69 Å². The summed E-state index contributed by atoms with van der Waals surface area (Å²) in [7, 11) is 1.93. The molecule has 4 nitrogen and oxygen atoms in total. The van der Waals surface area contributed by atoms with E-state index in [0.29, 0.717) is 23.9 Å². The van der Waals surface area contributed by atoms with Gasteiger partial charge in [0.15, 0.2) is 0 Å². The number of nitrogens with zero attached hydrogens (tertiary/aromatic N) is 1. The van der Waals surface area contributed by atoms with Gasteiger partial charge in [-0.15, -0.1) is 0 Å². The second-order valence-corrected chi connectivity index (χ2v) is 5.55. The van der Waals surface area contributed by atoms with Crippen molar-refractivity contribution in [1.82, 2.24) is 0 Å². The average molecular weight is 322 g/mol. The third-order valence-electron chi connectivity index (χ3n) is 3.27. The number of hydrogen-bond acceptors (Lipinski definition) is 4. The van der Waals surface area contributed by atoms with Crippen LogP contribution in [-0.2, 0) is 6.54 Å². The zero-order chi connectivity index (χ0) is 15.9. The Morgan fingerprint density at radius 2 is 2.00 bits per heavy atom. The molecule has 0 amide bonds. The van der Waals surface area contributed by atoms with Crippen LogP contribution in [0.15, 0.2) is 45.8 Å². The first-order chi connectivity index (χ1) is 10.6. The fourth-order valence-electron chi connectivity index (χ4n) is 1.97. The maximum absolute atomic E-state index is 12.0. The summed E-state index contributed by atoms with van der Waals surface area (Å²) in [6.07, 6.45) is 3.33. The molecule has 0 spiro atoms. The summed E-state index contributed by atoms with van der Waals surface area (Å²) in [6.45, 7) is 3.10. The predicted octanol–water partition coefficient (Wildman–Crippen LogP) is 4.11. The fourth-order valence-corrected chi connectivity index (χ4v) is 2.10. The first kappa shape index (κ1) is 16.4. The lowest BCUT2D eigenvalue weighted by Gasteiger charge is -2.18. The van der Waals surface area contributed by atoms with Gasteiger partial charge in [0.2, 0.25) is 11.2 Å². The molecule has 2 aromatic rings. The minimum atomic E-state index is -0.151. The SMILES string of the molecule is CCCCOc1coc(CN(C)c2ccc(Cl)cc2)cc1=O. The summed E-state index contributed by atoms with van der Waals surface area (Å²) in [4.78, 5) is 14.0. The van der Waals surface area contributed by atoms with E-state index < -0.39 is 0 Å². The van der Waals surface area contributed by atoms with Gasteiger partial charge < -0.3 is 14.1 Å². The third kappa shape index (κ3) is 4.53. The highest BCUT2D eigenvalue weighted by molar-refractivity contribution is 6.30. The van der Waals surface area contributed by atoms with Gasteiger partial charge in [0.05, 0.1) is 13.2 Å². The number of anilines is 1. The second-order valence-electron chi connectivity index (χ2n) is 5.11. The Labute approximate surface area is 135 Å². The van der Waals surface area contributed by atoms with Crippen molar-refractivity contribution in [2.45, 2.75) is 26.3 Å². The Bertz CT molecular complexity index is 652. The number of benzene rings is 1. The van der Waals surface area contributed by atoms with E-state index in [1.54, 1.807) is 0 Å². The van der Waals surface area contributed by atoms with E-state index in [1.165, 1.54) is 12.3 Å². The molecular weight excluding hydrogens is 302 g/mol. The minimum absolute atomic E-state index is 0.151. The van der Waals surface area contributed by atoms with Crippen molar-refractivity contribution >= 4 is 17.3 Å². The highest BCUT2D eigenvalue weighted by Crippen LogP contribution is 2.18. The van der Waals surface area contributed by atoms with Crippen LogP contribution in [0.5, 0.6) is 5.75 Å². The fraction of sp³-hybridized carbons (Fsp3) is 0.353. The largest absolute Gasteiger partial charge is 0.487 e. The van der Waals surface area contributed by atoms with Crippen molar-refractivity contribution in [3.63, 3.8) is 0 Å². The topological polar surface area (TPSA) is 42.7 Å². The summed E-state index contributed by atoms with van der Waals surface area (Å²) < 4.78 is 10.9. The summed E-state index contributed by atoms with van der Waals surface area (Å²) >= 11 is 5.87. The summed E-state index contributed by atoms with van der Waals surface area (Å²) in [5.41, 5.74) is 0.845. The Balaban J connectivity index is 2.02. The molecule has 0 aliphatic heterocycles. The van der Waals surface area contributed by atoms with Crippen molar-refractivity contribution in [2.75, 3.05) is 18.6 Å². The first-order valence-electron chi connectivity index (χ1n) is 7.31. The molecule has 0 radical (unpaired) electrons. The number of rotatable bonds is 7. The van der Waals surface area contributed by atoms with Gasteiger partial charge in [-0.1, -0.05) is 24.9 Å². The molecule has 0 unspecified atom stereocenters. The average Bonchev–Trinajstić information content (AvgIpc) is 2.50. The molecule has 0 fully saturated rings. The zero-order valence-corrected chi connectivity index (χ0v) is 13.6. The summed E-state index contributed by atoms with van der Waals surface area (Å²) in [6, 6.07) is 8.97. The first-order valence-corrected chi connectivity index (χ1v) is 7.69. The molecule has 118 valence electrons. The van der Waals surface area contributed by atoms with Crippen LogP contribution >= 0.6 is 11.6 Å². The van der Waals surface area contributed by atoms with Gasteiger partial charge in [-0.05, 0) is 30.7 Å². The molecule has 0 saturated heterocycles. The molecule has 0 bridgehead atoms. The maximum Gasteiger partial charge on any atom is 0.227 e. The van der Waals surface area contributed by atoms with Crippen molar-refractivity contribution in [1.29, 1.82) is 0 Å². The number of halogens is 1. The lowest BCUT2D eigenvalue weighted by molar-refractivity contribution is 0.293. The number of unbranched alkanes of at least 4 members (excludes halogenated alkanes) is 1.